The first-order valence-corrected chi connectivity index (χ1v) is 7.16. The maximum absolute atomic E-state index is 12.5. The number of benzene rings is 1. The van der Waals surface area contributed by atoms with Crippen molar-refractivity contribution >= 4 is 11.7 Å². The first kappa shape index (κ1) is 12.9. The van der Waals surface area contributed by atoms with Gasteiger partial charge in [0.1, 0.15) is 0 Å². The van der Waals surface area contributed by atoms with Crippen LogP contribution in [0.2, 0.25) is 0 Å². The summed E-state index contributed by atoms with van der Waals surface area (Å²) < 4.78 is 0. The molecule has 0 atom stereocenters. The molecule has 3 rings (SSSR count). The van der Waals surface area contributed by atoms with Gasteiger partial charge in [-0.25, -0.2) is 0 Å². The molecule has 1 fully saturated rings. The lowest BCUT2D eigenvalue weighted by atomic mass is 9.95. The maximum atomic E-state index is 12.5. The van der Waals surface area contributed by atoms with E-state index in [2.05, 4.69) is 22.4 Å². The quantitative estimate of drug-likeness (QED) is 0.876. The third kappa shape index (κ3) is 2.33. The molecular weight excluding hydrogens is 250 g/mol. The zero-order chi connectivity index (χ0) is 14.0. The van der Waals surface area contributed by atoms with Crippen LogP contribution < -0.4 is 5.32 Å². The fourth-order valence-electron chi connectivity index (χ4n) is 2.59. The van der Waals surface area contributed by atoms with Crippen molar-refractivity contribution in [3.63, 3.8) is 0 Å². The van der Waals surface area contributed by atoms with E-state index < -0.39 is 0 Å². The van der Waals surface area contributed by atoms with E-state index in [9.17, 15) is 4.79 Å². The van der Waals surface area contributed by atoms with Gasteiger partial charge in [0.15, 0.2) is 5.82 Å². The minimum Gasteiger partial charge on any atom is -0.308 e. The summed E-state index contributed by atoms with van der Waals surface area (Å²) in [6, 6.07) is 11.9. The van der Waals surface area contributed by atoms with Crippen LogP contribution in [0.5, 0.6) is 0 Å². The van der Waals surface area contributed by atoms with Crippen molar-refractivity contribution in [1.29, 1.82) is 0 Å². The van der Waals surface area contributed by atoms with Crippen LogP contribution in [0.25, 0.3) is 0 Å². The molecule has 1 aromatic heterocycles. The number of carbonyl (C=O) groups is 1. The number of anilines is 1. The molecular formula is C16H19N3O. The van der Waals surface area contributed by atoms with Gasteiger partial charge in [0.2, 0.25) is 5.91 Å². The second kappa shape index (κ2) is 5.12. The van der Waals surface area contributed by atoms with Crippen molar-refractivity contribution in [3.05, 3.63) is 47.7 Å². The van der Waals surface area contributed by atoms with Crippen molar-refractivity contribution < 1.29 is 4.79 Å². The molecule has 0 aliphatic heterocycles. The summed E-state index contributed by atoms with van der Waals surface area (Å²) in [6.07, 6.45) is 3.83. The van der Waals surface area contributed by atoms with Crippen LogP contribution in [-0.2, 0) is 16.6 Å². The normalized spacial score (nSPS) is 15.8. The van der Waals surface area contributed by atoms with E-state index in [0.717, 1.165) is 36.9 Å². The van der Waals surface area contributed by atoms with Gasteiger partial charge in [-0.2, -0.15) is 5.10 Å². The zero-order valence-corrected chi connectivity index (χ0v) is 11.6. The van der Waals surface area contributed by atoms with Gasteiger partial charge in [-0.1, -0.05) is 43.7 Å². The first-order valence-electron chi connectivity index (χ1n) is 7.16. The molecule has 1 saturated carbocycles. The fraction of sp³-hybridized carbons (Fsp3) is 0.375. The highest BCUT2D eigenvalue weighted by molar-refractivity contribution is 6.00. The molecule has 1 amide bonds. The van der Waals surface area contributed by atoms with Gasteiger partial charge < -0.3 is 5.32 Å². The lowest BCUT2D eigenvalue weighted by molar-refractivity contribution is -0.118. The van der Waals surface area contributed by atoms with Crippen molar-refractivity contribution in [2.45, 2.75) is 38.0 Å². The molecule has 4 heteroatoms. The Hall–Kier alpha value is -2.10. The molecule has 104 valence electrons. The number of nitrogens with zero attached hydrogens (tertiary/aromatic N) is 1. The number of aryl methyl sites for hydroxylation is 1. The second-order valence-corrected chi connectivity index (χ2v) is 5.43. The predicted molar refractivity (Wildman–Crippen MR) is 78.6 cm³/mol. The highest BCUT2D eigenvalue weighted by Gasteiger charge is 2.51. The number of aromatic nitrogens is 2. The summed E-state index contributed by atoms with van der Waals surface area (Å²) in [5.74, 6) is 0.680. The Morgan fingerprint density at radius 1 is 1.35 bits per heavy atom. The summed E-state index contributed by atoms with van der Waals surface area (Å²) in [5, 5.41) is 10.1. The first-order chi connectivity index (χ1) is 9.74. The lowest BCUT2D eigenvalue weighted by Gasteiger charge is -2.14. The Morgan fingerprint density at radius 3 is 2.75 bits per heavy atom. The Balaban J connectivity index is 1.73. The number of nitrogens with one attached hydrogen (secondary N) is 2. The largest absolute Gasteiger partial charge is 0.308 e. The van der Waals surface area contributed by atoms with E-state index in [0.29, 0.717) is 5.82 Å². The highest BCUT2D eigenvalue weighted by atomic mass is 16.2. The Labute approximate surface area is 118 Å². The number of amides is 1. The number of hydrogen-bond acceptors (Lipinski definition) is 2. The monoisotopic (exact) mass is 269 g/mol. The molecule has 4 nitrogen and oxygen atoms in total. The predicted octanol–water partition coefficient (Wildman–Crippen LogP) is 3.03. The van der Waals surface area contributed by atoms with Gasteiger partial charge in [-0.15, -0.1) is 0 Å². The van der Waals surface area contributed by atoms with Crippen molar-refractivity contribution in [3.8, 4) is 0 Å². The molecule has 0 radical (unpaired) electrons. The summed E-state index contributed by atoms with van der Waals surface area (Å²) in [6.45, 7) is 2.12. The standard InChI is InChI=1S/C16H19N3O/c1-2-6-13-11-14(19-18-13)17-15(20)16(9-10-16)12-7-4-3-5-8-12/h3-5,7-8,11H,2,6,9-10H2,1H3,(H2,17,18,19,20). The van der Waals surface area contributed by atoms with Crippen molar-refractivity contribution in [2.75, 3.05) is 5.32 Å². The van der Waals surface area contributed by atoms with E-state index >= 15 is 0 Å². The maximum Gasteiger partial charge on any atom is 0.236 e. The van der Waals surface area contributed by atoms with E-state index in [4.69, 9.17) is 0 Å². The second-order valence-electron chi connectivity index (χ2n) is 5.43. The molecule has 1 aromatic carbocycles. The molecule has 1 heterocycles. The average molecular weight is 269 g/mol. The highest BCUT2D eigenvalue weighted by Crippen LogP contribution is 2.48. The van der Waals surface area contributed by atoms with Gasteiger partial charge in [0.25, 0.3) is 0 Å². The lowest BCUT2D eigenvalue weighted by Crippen LogP contribution is -2.27. The summed E-state index contributed by atoms with van der Waals surface area (Å²) >= 11 is 0. The van der Waals surface area contributed by atoms with Gasteiger partial charge in [-0.05, 0) is 24.8 Å². The van der Waals surface area contributed by atoms with E-state index in [1.165, 1.54) is 0 Å². The van der Waals surface area contributed by atoms with Crippen LogP contribution in [0.3, 0.4) is 0 Å². The summed E-state index contributed by atoms with van der Waals surface area (Å²) in [7, 11) is 0. The van der Waals surface area contributed by atoms with Gasteiger partial charge >= 0.3 is 0 Å². The van der Waals surface area contributed by atoms with E-state index in [1.807, 2.05) is 36.4 Å². The van der Waals surface area contributed by atoms with E-state index in [-0.39, 0.29) is 11.3 Å². The molecule has 1 aliphatic carbocycles. The number of aromatic amines is 1. The topological polar surface area (TPSA) is 57.8 Å². The smallest absolute Gasteiger partial charge is 0.236 e. The third-order valence-corrected chi connectivity index (χ3v) is 3.90. The zero-order valence-electron chi connectivity index (χ0n) is 11.6. The van der Waals surface area contributed by atoms with Gasteiger partial charge in [0, 0.05) is 11.8 Å². The van der Waals surface area contributed by atoms with Crippen LogP contribution in [0.15, 0.2) is 36.4 Å². The van der Waals surface area contributed by atoms with Gasteiger partial charge in [0.05, 0.1) is 5.41 Å². The molecule has 0 bridgehead atoms. The van der Waals surface area contributed by atoms with Crippen molar-refractivity contribution in [2.24, 2.45) is 0 Å². The Morgan fingerprint density at radius 2 is 2.10 bits per heavy atom. The summed E-state index contributed by atoms with van der Waals surface area (Å²) in [5.41, 5.74) is 1.82. The number of H-pyrrole nitrogens is 1. The molecule has 0 spiro atoms. The number of rotatable bonds is 5. The Bertz CT molecular complexity index is 599. The molecule has 20 heavy (non-hydrogen) atoms. The SMILES string of the molecule is CCCc1cc(NC(=O)C2(c3ccccc3)CC2)n[nH]1. The number of carbonyl (C=O) groups excluding carboxylic acids is 1. The van der Waals surface area contributed by atoms with Gasteiger partial charge in [-0.3, -0.25) is 9.89 Å². The molecule has 1 aliphatic rings. The molecule has 0 unspecified atom stereocenters. The number of hydrogen-bond donors (Lipinski definition) is 2. The third-order valence-electron chi connectivity index (χ3n) is 3.90. The average Bonchev–Trinajstić information content (AvgIpc) is 3.18. The summed E-state index contributed by atoms with van der Waals surface area (Å²) in [4.78, 5) is 12.5. The molecule has 0 saturated heterocycles. The van der Waals surface area contributed by atoms with Crippen LogP contribution in [-0.4, -0.2) is 16.1 Å². The van der Waals surface area contributed by atoms with Crippen LogP contribution >= 0.6 is 0 Å². The van der Waals surface area contributed by atoms with Crippen LogP contribution in [0, 0.1) is 0 Å². The minimum atomic E-state index is -0.342. The fourth-order valence-corrected chi connectivity index (χ4v) is 2.59. The van der Waals surface area contributed by atoms with Crippen LogP contribution in [0.4, 0.5) is 5.82 Å². The molecule has 2 aromatic rings. The van der Waals surface area contributed by atoms with Crippen LogP contribution in [0.1, 0.15) is 37.4 Å². The van der Waals surface area contributed by atoms with E-state index in [1.54, 1.807) is 0 Å². The minimum absolute atomic E-state index is 0.0539. The molecule has 2 N–H and O–H groups in total. The Kier molecular flexibility index (Phi) is 3.30. The van der Waals surface area contributed by atoms with Crippen molar-refractivity contribution in [1.82, 2.24) is 10.2 Å².